The molecule has 0 bridgehead atoms. The third-order valence-electron chi connectivity index (χ3n) is 2.02. The number of nitrogens with zero attached hydrogens (tertiary/aromatic N) is 3. The van der Waals surface area contributed by atoms with Crippen LogP contribution < -0.4 is 11.1 Å². The minimum atomic E-state index is -0.305. The molecule has 2 aromatic rings. The first-order valence-corrected chi connectivity index (χ1v) is 4.87. The number of nitrogen functional groups attached to an aromatic ring is 1. The molecule has 0 amide bonds. The van der Waals surface area contributed by atoms with Crippen LogP contribution in [0.4, 0.5) is 15.9 Å². The second-order valence-electron chi connectivity index (χ2n) is 3.32. The molecule has 0 aliphatic heterocycles. The molecule has 2 aromatic heterocycles. The van der Waals surface area contributed by atoms with E-state index in [-0.39, 0.29) is 5.82 Å². The minimum absolute atomic E-state index is 0.305. The Morgan fingerprint density at radius 2 is 2.38 bits per heavy atom. The summed E-state index contributed by atoms with van der Waals surface area (Å²) in [6.07, 6.45) is 4.74. The monoisotopic (exact) mass is 221 g/mol. The van der Waals surface area contributed by atoms with Crippen LogP contribution in [0.2, 0.25) is 0 Å². The molecule has 3 N–H and O–H groups in total. The second-order valence-corrected chi connectivity index (χ2v) is 3.32. The molecule has 0 fully saturated rings. The van der Waals surface area contributed by atoms with Crippen LogP contribution in [-0.2, 0) is 6.54 Å². The lowest BCUT2D eigenvalue weighted by molar-refractivity contribution is 0.623. The van der Waals surface area contributed by atoms with Crippen molar-refractivity contribution in [2.45, 2.75) is 6.54 Å². The number of pyridine rings is 1. The molecular formula is C10H12FN5. The lowest BCUT2D eigenvalue weighted by Crippen LogP contribution is -2.11. The molecule has 0 atom stereocenters. The molecule has 0 unspecified atom stereocenters. The van der Waals surface area contributed by atoms with Gasteiger partial charge in [0.05, 0.1) is 18.4 Å². The van der Waals surface area contributed by atoms with Crippen LogP contribution in [0.15, 0.2) is 30.7 Å². The van der Waals surface area contributed by atoms with Crippen LogP contribution in [-0.4, -0.2) is 21.3 Å². The van der Waals surface area contributed by atoms with Gasteiger partial charge in [0.25, 0.3) is 0 Å². The molecule has 16 heavy (non-hydrogen) atoms. The number of aromatic nitrogens is 3. The molecule has 0 spiro atoms. The third kappa shape index (κ3) is 2.69. The van der Waals surface area contributed by atoms with E-state index in [0.29, 0.717) is 24.6 Å². The van der Waals surface area contributed by atoms with Crippen LogP contribution in [0.3, 0.4) is 0 Å². The van der Waals surface area contributed by atoms with E-state index in [9.17, 15) is 4.39 Å². The first-order chi connectivity index (χ1) is 7.74. The molecule has 0 aliphatic carbocycles. The summed E-state index contributed by atoms with van der Waals surface area (Å²) in [6.45, 7) is 1.26. The van der Waals surface area contributed by atoms with Gasteiger partial charge < -0.3 is 11.1 Å². The van der Waals surface area contributed by atoms with Crippen LogP contribution in [0.1, 0.15) is 0 Å². The van der Waals surface area contributed by atoms with Gasteiger partial charge in [0, 0.05) is 25.0 Å². The smallest absolute Gasteiger partial charge is 0.128 e. The summed E-state index contributed by atoms with van der Waals surface area (Å²) in [4.78, 5) is 3.97. The molecule has 0 aliphatic rings. The molecule has 0 aromatic carbocycles. The Balaban J connectivity index is 1.84. The van der Waals surface area contributed by atoms with Gasteiger partial charge in [-0.05, 0) is 6.07 Å². The zero-order valence-corrected chi connectivity index (χ0v) is 8.60. The molecule has 0 saturated carbocycles. The Labute approximate surface area is 92.1 Å². The average molecular weight is 221 g/mol. The van der Waals surface area contributed by atoms with Crippen LogP contribution >= 0.6 is 0 Å². The fourth-order valence-corrected chi connectivity index (χ4v) is 1.30. The van der Waals surface area contributed by atoms with Crippen molar-refractivity contribution in [1.29, 1.82) is 0 Å². The van der Waals surface area contributed by atoms with Crippen molar-refractivity contribution in [1.82, 2.24) is 14.8 Å². The van der Waals surface area contributed by atoms with Gasteiger partial charge in [-0.15, -0.1) is 0 Å². The number of nitrogens with one attached hydrogen (secondary N) is 1. The number of rotatable bonds is 4. The Morgan fingerprint density at radius 1 is 1.50 bits per heavy atom. The quantitative estimate of drug-likeness (QED) is 0.811. The predicted molar refractivity (Wildman–Crippen MR) is 59.3 cm³/mol. The summed E-state index contributed by atoms with van der Waals surface area (Å²) in [5, 5.41) is 7.01. The highest BCUT2D eigenvalue weighted by atomic mass is 19.1. The molecular weight excluding hydrogens is 209 g/mol. The maximum Gasteiger partial charge on any atom is 0.128 e. The van der Waals surface area contributed by atoms with Crippen molar-refractivity contribution in [2.24, 2.45) is 0 Å². The maximum absolute atomic E-state index is 12.8. The summed E-state index contributed by atoms with van der Waals surface area (Å²) in [7, 11) is 0. The predicted octanol–water partition coefficient (Wildman–Crippen LogP) is 1.11. The van der Waals surface area contributed by atoms with Gasteiger partial charge in [-0.2, -0.15) is 5.10 Å². The van der Waals surface area contributed by atoms with Crippen LogP contribution in [0.25, 0.3) is 0 Å². The van der Waals surface area contributed by atoms with E-state index in [1.54, 1.807) is 17.1 Å². The Hall–Kier alpha value is -2.11. The van der Waals surface area contributed by atoms with Gasteiger partial charge in [0.2, 0.25) is 0 Å². The van der Waals surface area contributed by atoms with Gasteiger partial charge in [-0.25, -0.2) is 9.37 Å². The van der Waals surface area contributed by atoms with E-state index in [2.05, 4.69) is 15.4 Å². The first-order valence-electron chi connectivity index (χ1n) is 4.87. The van der Waals surface area contributed by atoms with Gasteiger partial charge in [-0.3, -0.25) is 4.68 Å². The van der Waals surface area contributed by atoms with Crippen molar-refractivity contribution in [3.8, 4) is 0 Å². The highest BCUT2D eigenvalue weighted by Crippen LogP contribution is 2.04. The SMILES string of the molecule is Nc1cnn(CCNc2cc(F)ccn2)c1. The van der Waals surface area contributed by atoms with Crippen LogP contribution in [0.5, 0.6) is 0 Å². The van der Waals surface area contributed by atoms with Crippen molar-refractivity contribution in [3.05, 3.63) is 36.5 Å². The largest absolute Gasteiger partial charge is 0.396 e. The molecule has 2 rings (SSSR count). The van der Waals surface area contributed by atoms with E-state index >= 15 is 0 Å². The first kappa shape index (κ1) is 10.4. The Kier molecular flexibility index (Phi) is 3.00. The van der Waals surface area contributed by atoms with Crippen molar-refractivity contribution >= 4 is 11.5 Å². The van der Waals surface area contributed by atoms with Gasteiger partial charge in [-0.1, -0.05) is 0 Å². The third-order valence-corrected chi connectivity index (χ3v) is 2.02. The number of nitrogens with two attached hydrogens (primary N) is 1. The van der Waals surface area contributed by atoms with Gasteiger partial charge >= 0.3 is 0 Å². The Bertz CT molecular complexity index is 468. The topological polar surface area (TPSA) is 68.8 Å². The average Bonchev–Trinajstić information content (AvgIpc) is 2.64. The summed E-state index contributed by atoms with van der Waals surface area (Å²) in [5.74, 6) is 0.209. The highest BCUT2D eigenvalue weighted by molar-refractivity contribution is 5.34. The zero-order chi connectivity index (χ0) is 11.4. The summed E-state index contributed by atoms with van der Waals surface area (Å²) in [5.41, 5.74) is 6.14. The van der Waals surface area contributed by atoms with Gasteiger partial charge in [0.15, 0.2) is 0 Å². The van der Waals surface area contributed by atoms with Crippen LogP contribution in [0, 0.1) is 5.82 Å². The lowest BCUT2D eigenvalue weighted by Gasteiger charge is -2.05. The normalized spacial score (nSPS) is 10.3. The summed E-state index contributed by atoms with van der Waals surface area (Å²) in [6, 6.07) is 2.65. The molecule has 6 heteroatoms. The van der Waals surface area contributed by atoms with Gasteiger partial charge in [0.1, 0.15) is 11.6 Å². The van der Waals surface area contributed by atoms with E-state index in [0.717, 1.165) is 0 Å². The van der Waals surface area contributed by atoms with E-state index in [4.69, 9.17) is 5.73 Å². The molecule has 0 radical (unpaired) electrons. The molecule has 2 heterocycles. The van der Waals surface area contributed by atoms with Crippen molar-refractivity contribution in [2.75, 3.05) is 17.6 Å². The van der Waals surface area contributed by atoms with Crippen molar-refractivity contribution in [3.63, 3.8) is 0 Å². The standard InChI is InChI=1S/C10H12FN5/c11-8-1-2-13-10(5-8)14-3-4-16-7-9(12)6-15-16/h1-2,5-7H,3-4,12H2,(H,13,14). The van der Waals surface area contributed by atoms with E-state index < -0.39 is 0 Å². The Morgan fingerprint density at radius 3 is 3.06 bits per heavy atom. The zero-order valence-electron chi connectivity index (χ0n) is 8.60. The molecule has 84 valence electrons. The lowest BCUT2D eigenvalue weighted by atomic mass is 10.4. The number of anilines is 2. The summed E-state index contributed by atoms with van der Waals surface area (Å²) < 4.78 is 14.5. The number of hydrogen-bond donors (Lipinski definition) is 2. The van der Waals surface area contributed by atoms with E-state index in [1.807, 2.05) is 0 Å². The van der Waals surface area contributed by atoms with Crippen molar-refractivity contribution < 1.29 is 4.39 Å². The molecule has 0 saturated heterocycles. The number of hydrogen-bond acceptors (Lipinski definition) is 4. The number of halogens is 1. The van der Waals surface area contributed by atoms with E-state index in [1.165, 1.54) is 18.3 Å². The highest BCUT2D eigenvalue weighted by Gasteiger charge is 1.97. The summed E-state index contributed by atoms with van der Waals surface area (Å²) >= 11 is 0. The minimum Gasteiger partial charge on any atom is -0.396 e. The fraction of sp³-hybridized carbons (Fsp3) is 0.200. The second kappa shape index (κ2) is 4.61. The molecule has 5 nitrogen and oxygen atoms in total. The maximum atomic E-state index is 12.8. The fourth-order valence-electron chi connectivity index (χ4n) is 1.30.